The van der Waals surface area contributed by atoms with Crippen LogP contribution in [0.3, 0.4) is 0 Å². The molecule has 0 aromatic heterocycles. The highest BCUT2D eigenvalue weighted by atomic mass is 16.1. The lowest BCUT2D eigenvalue weighted by Gasteiger charge is -2.05. The van der Waals surface area contributed by atoms with Crippen LogP contribution in [-0.2, 0) is 0 Å². The Balaban J connectivity index is 3.16. The van der Waals surface area contributed by atoms with Crippen LogP contribution in [0.2, 0.25) is 0 Å². The molecule has 1 aromatic rings. The van der Waals surface area contributed by atoms with Crippen LogP contribution < -0.4 is 0 Å². The van der Waals surface area contributed by atoms with Crippen LogP contribution in [0.5, 0.6) is 0 Å². The van der Waals surface area contributed by atoms with Crippen molar-refractivity contribution in [2.45, 2.75) is 27.2 Å². The first-order chi connectivity index (χ1) is 5.66. The fourth-order valence-corrected chi connectivity index (χ4v) is 1.24. The molecule has 64 valence electrons. The molecular formula is C11H14O. The molecule has 0 aliphatic heterocycles. The lowest BCUT2D eigenvalue weighted by molar-refractivity contribution is 0.0987. The number of carbonyl (C=O) groups excluding carboxylic acids is 1. The zero-order chi connectivity index (χ0) is 9.14. The summed E-state index contributed by atoms with van der Waals surface area (Å²) in [6, 6.07) is 5.86. The maximum absolute atomic E-state index is 11.4. The van der Waals surface area contributed by atoms with E-state index in [1.807, 2.05) is 39.0 Å². The summed E-state index contributed by atoms with van der Waals surface area (Å²) in [6.07, 6.45) is 0.588. The van der Waals surface area contributed by atoms with Crippen LogP contribution in [-0.4, -0.2) is 5.78 Å². The van der Waals surface area contributed by atoms with Crippen molar-refractivity contribution in [3.63, 3.8) is 0 Å². The summed E-state index contributed by atoms with van der Waals surface area (Å²) in [4.78, 5) is 11.4. The molecule has 1 rings (SSSR count). The highest BCUT2D eigenvalue weighted by Gasteiger charge is 2.06. The van der Waals surface area contributed by atoms with Crippen LogP contribution in [0.15, 0.2) is 18.2 Å². The minimum Gasteiger partial charge on any atom is -0.294 e. The molecule has 0 spiro atoms. The third-order valence-electron chi connectivity index (χ3n) is 2.23. The molecule has 12 heavy (non-hydrogen) atoms. The Morgan fingerprint density at radius 3 is 2.58 bits per heavy atom. The second-order valence-electron chi connectivity index (χ2n) is 3.02. The highest BCUT2D eigenvalue weighted by molar-refractivity contribution is 5.97. The van der Waals surface area contributed by atoms with E-state index in [9.17, 15) is 4.79 Å². The number of carbonyl (C=O) groups is 1. The minimum absolute atomic E-state index is 0.233. The molecule has 0 amide bonds. The molecule has 0 radical (unpaired) electrons. The van der Waals surface area contributed by atoms with Gasteiger partial charge in [-0.1, -0.05) is 25.1 Å². The van der Waals surface area contributed by atoms with Gasteiger partial charge in [-0.3, -0.25) is 4.79 Å². The number of rotatable bonds is 2. The van der Waals surface area contributed by atoms with Crippen LogP contribution in [0.1, 0.15) is 34.8 Å². The molecule has 0 heterocycles. The molecule has 1 heteroatoms. The van der Waals surface area contributed by atoms with Crippen LogP contribution in [0.4, 0.5) is 0 Å². The minimum atomic E-state index is 0.233. The van der Waals surface area contributed by atoms with E-state index >= 15 is 0 Å². The van der Waals surface area contributed by atoms with E-state index in [1.165, 1.54) is 5.56 Å². The SMILES string of the molecule is CCC(=O)c1cccc(C)c1C. The third-order valence-corrected chi connectivity index (χ3v) is 2.23. The van der Waals surface area contributed by atoms with Gasteiger partial charge in [0.05, 0.1) is 0 Å². The van der Waals surface area contributed by atoms with Gasteiger partial charge in [-0.2, -0.15) is 0 Å². The van der Waals surface area contributed by atoms with E-state index < -0.39 is 0 Å². The Labute approximate surface area is 73.4 Å². The molecular weight excluding hydrogens is 148 g/mol. The van der Waals surface area contributed by atoms with Crippen molar-refractivity contribution in [3.8, 4) is 0 Å². The summed E-state index contributed by atoms with van der Waals surface area (Å²) in [5.41, 5.74) is 3.18. The van der Waals surface area contributed by atoms with Gasteiger partial charge in [-0.25, -0.2) is 0 Å². The van der Waals surface area contributed by atoms with Gasteiger partial charge < -0.3 is 0 Å². The smallest absolute Gasteiger partial charge is 0.162 e. The van der Waals surface area contributed by atoms with E-state index in [4.69, 9.17) is 0 Å². The Morgan fingerprint density at radius 1 is 1.33 bits per heavy atom. The van der Waals surface area contributed by atoms with Crippen LogP contribution >= 0.6 is 0 Å². The standard InChI is InChI=1S/C11H14O/c1-4-11(12)10-7-5-6-8(2)9(10)3/h5-7H,4H2,1-3H3. The first-order valence-corrected chi connectivity index (χ1v) is 4.26. The normalized spacial score (nSPS) is 9.92. The summed E-state index contributed by atoms with van der Waals surface area (Å²) >= 11 is 0. The number of benzene rings is 1. The number of aryl methyl sites for hydroxylation is 1. The number of ketones is 1. The van der Waals surface area contributed by atoms with Gasteiger partial charge in [0.15, 0.2) is 5.78 Å². The number of hydrogen-bond donors (Lipinski definition) is 0. The summed E-state index contributed by atoms with van der Waals surface area (Å²) in [5.74, 6) is 0.233. The third kappa shape index (κ3) is 1.55. The zero-order valence-corrected chi connectivity index (χ0v) is 7.85. The van der Waals surface area contributed by atoms with Crippen molar-refractivity contribution in [2.75, 3.05) is 0 Å². The van der Waals surface area contributed by atoms with Crippen molar-refractivity contribution in [1.82, 2.24) is 0 Å². The van der Waals surface area contributed by atoms with Gasteiger partial charge in [0, 0.05) is 12.0 Å². The van der Waals surface area contributed by atoms with Crippen molar-refractivity contribution in [3.05, 3.63) is 34.9 Å². The van der Waals surface area contributed by atoms with E-state index in [0.717, 1.165) is 11.1 Å². The van der Waals surface area contributed by atoms with Gasteiger partial charge in [0.1, 0.15) is 0 Å². The number of Topliss-reactive ketones (excluding diaryl/α,β-unsaturated/α-hetero) is 1. The summed E-state index contributed by atoms with van der Waals surface area (Å²) in [5, 5.41) is 0. The zero-order valence-electron chi connectivity index (χ0n) is 7.85. The first kappa shape index (κ1) is 8.98. The molecule has 0 aliphatic rings. The molecule has 0 unspecified atom stereocenters. The fourth-order valence-electron chi connectivity index (χ4n) is 1.24. The predicted octanol–water partition coefficient (Wildman–Crippen LogP) is 2.90. The van der Waals surface area contributed by atoms with Crippen molar-refractivity contribution >= 4 is 5.78 Å². The van der Waals surface area contributed by atoms with Crippen molar-refractivity contribution in [1.29, 1.82) is 0 Å². The van der Waals surface area contributed by atoms with Gasteiger partial charge in [-0.05, 0) is 25.0 Å². The van der Waals surface area contributed by atoms with Gasteiger partial charge in [-0.15, -0.1) is 0 Å². The summed E-state index contributed by atoms with van der Waals surface area (Å²) in [6.45, 7) is 5.92. The molecule has 1 nitrogen and oxygen atoms in total. The van der Waals surface area contributed by atoms with Crippen LogP contribution in [0, 0.1) is 13.8 Å². The van der Waals surface area contributed by atoms with E-state index in [1.54, 1.807) is 0 Å². The maximum atomic E-state index is 11.4. The number of hydrogen-bond acceptors (Lipinski definition) is 1. The molecule has 0 N–H and O–H groups in total. The largest absolute Gasteiger partial charge is 0.294 e. The Morgan fingerprint density at radius 2 is 2.00 bits per heavy atom. The fraction of sp³-hybridized carbons (Fsp3) is 0.364. The summed E-state index contributed by atoms with van der Waals surface area (Å²) in [7, 11) is 0. The van der Waals surface area contributed by atoms with Gasteiger partial charge in [0.2, 0.25) is 0 Å². The Hall–Kier alpha value is -1.11. The molecule has 0 saturated heterocycles. The molecule has 0 saturated carbocycles. The maximum Gasteiger partial charge on any atom is 0.162 e. The predicted molar refractivity (Wildman–Crippen MR) is 50.5 cm³/mol. The first-order valence-electron chi connectivity index (χ1n) is 4.26. The average Bonchev–Trinajstić information content (AvgIpc) is 2.08. The monoisotopic (exact) mass is 162 g/mol. The molecule has 0 fully saturated rings. The highest BCUT2D eigenvalue weighted by Crippen LogP contribution is 2.14. The van der Waals surface area contributed by atoms with Gasteiger partial charge >= 0.3 is 0 Å². The van der Waals surface area contributed by atoms with E-state index in [0.29, 0.717) is 6.42 Å². The molecule has 0 bridgehead atoms. The molecule has 1 aromatic carbocycles. The van der Waals surface area contributed by atoms with Crippen molar-refractivity contribution in [2.24, 2.45) is 0 Å². The lowest BCUT2D eigenvalue weighted by Crippen LogP contribution is -2.00. The molecule has 0 aliphatic carbocycles. The quantitative estimate of drug-likeness (QED) is 0.611. The Bertz CT molecular complexity index is 300. The van der Waals surface area contributed by atoms with Crippen molar-refractivity contribution < 1.29 is 4.79 Å². The second-order valence-corrected chi connectivity index (χ2v) is 3.02. The lowest BCUT2D eigenvalue weighted by atomic mass is 9.99. The van der Waals surface area contributed by atoms with Gasteiger partial charge in [0.25, 0.3) is 0 Å². The topological polar surface area (TPSA) is 17.1 Å². The summed E-state index contributed by atoms with van der Waals surface area (Å²) < 4.78 is 0. The van der Waals surface area contributed by atoms with Crippen LogP contribution in [0.25, 0.3) is 0 Å². The average molecular weight is 162 g/mol. The second kappa shape index (κ2) is 3.53. The van der Waals surface area contributed by atoms with E-state index in [-0.39, 0.29) is 5.78 Å². The molecule has 0 atom stereocenters. The van der Waals surface area contributed by atoms with E-state index in [2.05, 4.69) is 0 Å². The Kier molecular flexibility index (Phi) is 2.64.